The van der Waals surface area contributed by atoms with Crippen LogP contribution in [0.4, 0.5) is 5.82 Å². The van der Waals surface area contributed by atoms with E-state index in [1.54, 1.807) is 18.5 Å². The predicted octanol–water partition coefficient (Wildman–Crippen LogP) is 5.22. The Morgan fingerprint density at radius 3 is 2.71 bits per heavy atom. The second kappa shape index (κ2) is 5.95. The predicted molar refractivity (Wildman–Crippen MR) is 92.5 cm³/mol. The molecule has 0 unspecified atom stereocenters. The molecule has 0 aliphatic heterocycles. The molecule has 3 nitrogen and oxygen atoms in total. The average molecular weight is 406 g/mol. The Morgan fingerprint density at radius 1 is 1.10 bits per heavy atom. The summed E-state index contributed by atoms with van der Waals surface area (Å²) < 4.78 is 1.66. The Bertz CT molecular complexity index is 847. The SMILES string of the molecule is Oc1ccc2ccccc2c1C=Nc1ncc(Br)cc1Br. The normalized spacial score (nSPS) is 11.3. The summed E-state index contributed by atoms with van der Waals surface area (Å²) in [5, 5.41) is 12.1. The monoisotopic (exact) mass is 404 g/mol. The third-order valence-corrected chi connectivity index (χ3v) is 4.07. The molecule has 1 aromatic heterocycles. The first-order chi connectivity index (χ1) is 10.1. The second-order valence-corrected chi connectivity index (χ2v) is 6.21. The molecule has 5 heteroatoms. The summed E-state index contributed by atoms with van der Waals surface area (Å²) in [5.74, 6) is 0.760. The maximum absolute atomic E-state index is 10.1. The highest BCUT2D eigenvalue weighted by atomic mass is 79.9. The number of aromatic nitrogens is 1. The van der Waals surface area contributed by atoms with Gasteiger partial charge in [-0.05, 0) is 54.8 Å². The molecule has 3 rings (SSSR count). The van der Waals surface area contributed by atoms with Gasteiger partial charge in [0, 0.05) is 22.4 Å². The maximum Gasteiger partial charge on any atom is 0.166 e. The number of phenolic OH excluding ortho intramolecular Hbond substituents is 1. The Hall–Kier alpha value is -1.72. The zero-order valence-electron chi connectivity index (χ0n) is 10.8. The minimum absolute atomic E-state index is 0.200. The highest BCUT2D eigenvalue weighted by Gasteiger charge is 2.05. The maximum atomic E-state index is 10.1. The molecule has 2 aromatic carbocycles. The Labute approximate surface area is 138 Å². The van der Waals surface area contributed by atoms with Gasteiger partial charge in [-0.2, -0.15) is 0 Å². The lowest BCUT2D eigenvalue weighted by atomic mass is 10.0. The van der Waals surface area contributed by atoms with Crippen LogP contribution >= 0.6 is 31.9 Å². The van der Waals surface area contributed by atoms with Crippen molar-refractivity contribution in [1.29, 1.82) is 0 Å². The Balaban J connectivity index is 2.09. The van der Waals surface area contributed by atoms with Gasteiger partial charge in [-0.25, -0.2) is 9.98 Å². The molecule has 3 aromatic rings. The Kier molecular flexibility index (Phi) is 4.03. The minimum Gasteiger partial charge on any atom is -0.507 e. The molecule has 0 aliphatic rings. The van der Waals surface area contributed by atoms with Gasteiger partial charge in [-0.3, -0.25) is 0 Å². The van der Waals surface area contributed by atoms with Gasteiger partial charge in [0.05, 0.1) is 4.47 Å². The van der Waals surface area contributed by atoms with E-state index >= 15 is 0 Å². The number of benzene rings is 2. The molecule has 0 bridgehead atoms. The van der Waals surface area contributed by atoms with Crippen LogP contribution in [0.2, 0.25) is 0 Å². The van der Waals surface area contributed by atoms with E-state index in [0.29, 0.717) is 11.4 Å². The van der Waals surface area contributed by atoms with E-state index in [0.717, 1.165) is 19.7 Å². The number of nitrogens with zero attached hydrogens (tertiary/aromatic N) is 2. The molecule has 1 N–H and O–H groups in total. The molecular weight excluding hydrogens is 396 g/mol. The van der Waals surface area contributed by atoms with Crippen molar-refractivity contribution in [2.24, 2.45) is 4.99 Å². The van der Waals surface area contributed by atoms with Gasteiger partial charge in [0.2, 0.25) is 0 Å². The molecule has 0 aliphatic carbocycles. The van der Waals surface area contributed by atoms with Crippen molar-refractivity contribution in [3.63, 3.8) is 0 Å². The van der Waals surface area contributed by atoms with Crippen molar-refractivity contribution >= 4 is 54.7 Å². The second-order valence-electron chi connectivity index (χ2n) is 4.44. The van der Waals surface area contributed by atoms with E-state index in [1.165, 1.54) is 0 Å². The number of hydrogen-bond donors (Lipinski definition) is 1. The summed E-state index contributed by atoms with van der Waals surface area (Å²) in [6.07, 6.45) is 3.32. The fourth-order valence-corrected chi connectivity index (χ4v) is 3.14. The summed E-state index contributed by atoms with van der Waals surface area (Å²) in [4.78, 5) is 8.59. The van der Waals surface area contributed by atoms with Crippen LogP contribution in [0.1, 0.15) is 5.56 Å². The lowest BCUT2D eigenvalue weighted by Gasteiger charge is -2.04. The number of hydrogen-bond acceptors (Lipinski definition) is 3. The van der Waals surface area contributed by atoms with Crippen LogP contribution < -0.4 is 0 Å². The molecule has 0 saturated carbocycles. The van der Waals surface area contributed by atoms with Crippen molar-refractivity contribution in [2.75, 3.05) is 0 Å². The number of halogens is 2. The van der Waals surface area contributed by atoms with Crippen LogP contribution in [-0.4, -0.2) is 16.3 Å². The molecule has 0 fully saturated rings. The molecule has 0 amide bonds. The summed E-state index contributed by atoms with van der Waals surface area (Å²) >= 11 is 6.77. The minimum atomic E-state index is 0.200. The molecule has 0 atom stereocenters. The number of rotatable bonds is 2. The van der Waals surface area contributed by atoms with Gasteiger partial charge in [-0.1, -0.05) is 30.3 Å². The van der Waals surface area contributed by atoms with Crippen LogP contribution in [0.3, 0.4) is 0 Å². The molecule has 104 valence electrons. The van der Waals surface area contributed by atoms with Gasteiger partial charge < -0.3 is 5.11 Å². The van der Waals surface area contributed by atoms with Crippen molar-refractivity contribution in [3.05, 3.63) is 63.2 Å². The van der Waals surface area contributed by atoms with Gasteiger partial charge in [0.25, 0.3) is 0 Å². The molecule has 0 radical (unpaired) electrons. The quantitative estimate of drug-likeness (QED) is 0.594. The van der Waals surface area contributed by atoms with Gasteiger partial charge in [0.1, 0.15) is 5.75 Å². The van der Waals surface area contributed by atoms with Gasteiger partial charge in [-0.15, -0.1) is 0 Å². The molecule has 1 heterocycles. The summed E-state index contributed by atoms with van der Waals surface area (Å²) in [6.45, 7) is 0. The molecule has 0 saturated heterocycles. The lowest BCUT2D eigenvalue weighted by Crippen LogP contribution is -1.86. The van der Waals surface area contributed by atoms with Crippen LogP contribution in [0, 0.1) is 0 Å². The number of aliphatic imine (C=N–C) groups is 1. The van der Waals surface area contributed by atoms with Gasteiger partial charge in [0.15, 0.2) is 5.82 Å². The number of phenols is 1. The average Bonchev–Trinajstić information content (AvgIpc) is 2.48. The van der Waals surface area contributed by atoms with Crippen molar-refractivity contribution < 1.29 is 5.11 Å². The largest absolute Gasteiger partial charge is 0.507 e. The van der Waals surface area contributed by atoms with E-state index in [2.05, 4.69) is 41.8 Å². The lowest BCUT2D eigenvalue weighted by molar-refractivity contribution is 0.475. The van der Waals surface area contributed by atoms with Crippen LogP contribution in [-0.2, 0) is 0 Å². The molecule has 0 spiro atoms. The summed E-state index contributed by atoms with van der Waals surface area (Å²) in [5.41, 5.74) is 0.685. The summed E-state index contributed by atoms with van der Waals surface area (Å²) in [6, 6.07) is 13.3. The van der Waals surface area contributed by atoms with Crippen molar-refractivity contribution in [3.8, 4) is 5.75 Å². The van der Waals surface area contributed by atoms with Gasteiger partial charge >= 0.3 is 0 Å². The van der Waals surface area contributed by atoms with E-state index < -0.39 is 0 Å². The van der Waals surface area contributed by atoms with Crippen molar-refractivity contribution in [1.82, 2.24) is 4.98 Å². The first-order valence-electron chi connectivity index (χ1n) is 6.21. The smallest absolute Gasteiger partial charge is 0.166 e. The van der Waals surface area contributed by atoms with Crippen LogP contribution in [0.25, 0.3) is 10.8 Å². The highest BCUT2D eigenvalue weighted by Crippen LogP contribution is 2.28. The fourth-order valence-electron chi connectivity index (χ4n) is 2.05. The third-order valence-electron chi connectivity index (χ3n) is 3.05. The highest BCUT2D eigenvalue weighted by molar-refractivity contribution is 9.11. The summed E-state index contributed by atoms with van der Waals surface area (Å²) in [7, 11) is 0. The fraction of sp³-hybridized carbons (Fsp3) is 0. The zero-order valence-corrected chi connectivity index (χ0v) is 14.0. The first kappa shape index (κ1) is 14.2. The van der Waals surface area contributed by atoms with E-state index in [9.17, 15) is 5.11 Å². The Morgan fingerprint density at radius 2 is 1.90 bits per heavy atom. The first-order valence-corrected chi connectivity index (χ1v) is 7.79. The number of aromatic hydroxyl groups is 1. The van der Waals surface area contributed by atoms with Crippen molar-refractivity contribution in [2.45, 2.75) is 0 Å². The topological polar surface area (TPSA) is 45.5 Å². The zero-order chi connectivity index (χ0) is 14.8. The van der Waals surface area contributed by atoms with Crippen LogP contribution in [0.5, 0.6) is 5.75 Å². The van der Waals surface area contributed by atoms with E-state index in [1.807, 2.05) is 36.4 Å². The molecule has 21 heavy (non-hydrogen) atoms. The van der Waals surface area contributed by atoms with E-state index in [-0.39, 0.29) is 5.75 Å². The van der Waals surface area contributed by atoms with Crippen LogP contribution in [0.15, 0.2) is 62.6 Å². The number of pyridine rings is 1. The number of fused-ring (bicyclic) bond motifs is 1. The molecular formula is C16H10Br2N2O. The third kappa shape index (κ3) is 2.99. The standard InChI is InChI=1S/C16H10Br2N2O/c17-11-7-14(18)16(19-8-11)20-9-13-12-4-2-1-3-10(12)5-6-15(13)21/h1-9,21H. The van der Waals surface area contributed by atoms with E-state index in [4.69, 9.17) is 0 Å².